The Morgan fingerprint density at radius 2 is 1.70 bits per heavy atom. The van der Waals surface area contributed by atoms with Gasteiger partial charge >= 0.3 is 6.36 Å². The number of ether oxygens (including phenoxy) is 1. The first-order valence-electron chi connectivity index (χ1n) is 8.41. The zero-order chi connectivity index (χ0) is 22.5. The maximum Gasteiger partial charge on any atom is 0.573 e. The third kappa shape index (κ3) is 6.95. The summed E-state index contributed by atoms with van der Waals surface area (Å²) in [5.74, 6) is -3.35. The van der Waals surface area contributed by atoms with Crippen LogP contribution in [0.5, 0.6) is 5.75 Å². The van der Waals surface area contributed by atoms with Gasteiger partial charge in [-0.15, -0.1) is 13.2 Å². The molecule has 0 unspecified atom stereocenters. The number of amides is 1. The topological polar surface area (TPSA) is 75.7 Å². The summed E-state index contributed by atoms with van der Waals surface area (Å²) in [7, 11) is -2.70. The maximum absolute atomic E-state index is 13.2. The molecule has 0 fully saturated rings. The SMILES string of the molecule is CN(Cc1ccc(OC(F)(F)F)cc1)C(=O)CCNS(=O)(=O)c1ccc(F)c(F)c1. The number of hydrogen-bond donors (Lipinski definition) is 1. The van der Waals surface area contributed by atoms with Crippen LogP contribution in [-0.2, 0) is 21.4 Å². The van der Waals surface area contributed by atoms with Crippen molar-refractivity contribution >= 4 is 15.9 Å². The minimum Gasteiger partial charge on any atom is -0.406 e. The molecule has 1 amide bonds. The van der Waals surface area contributed by atoms with E-state index in [0.717, 1.165) is 18.2 Å². The molecule has 2 aromatic rings. The Morgan fingerprint density at radius 3 is 2.27 bits per heavy atom. The van der Waals surface area contributed by atoms with E-state index in [1.807, 2.05) is 0 Å². The van der Waals surface area contributed by atoms with Gasteiger partial charge in [-0.2, -0.15) is 0 Å². The Bertz CT molecular complexity index is 995. The smallest absolute Gasteiger partial charge is 0.406 e. The first-order valence-corrected chi connectivity index (χ1v) is 9.89. The van der Waals surface area contributed by atoms with Crippen LogP contribution >= 0.6 is 0 Å². The van der Waals surface area contributed by atoms with Crippen LogP contribution in [0.3, 0.4) is 0 Å². The number of carbonyl (C=O) groups is 1. The van der Waals surface area contributed by atoms with Crippen molar-refractivity contribution in [2.45, 2.75) is 24.2 Å². The van der Waals surface area contributed by atoms with Gasteiger partial charge in [0.25, 0.3) is 0 Å². The van der Waals surface area contributed by atoms with E-state index >= 15 is 0 Å². The number of sulfonamides is 1. The average molecular weight is 452 g/mol. The molecule has 0 spiro atoms. The minimum absolute atomic E-state index is 0.0705. The second-order valence-electron chi connectivity index (χ2n) is 6.17. The lowest BCUT2D eigenvalue weighted by molar-refractivity contribution is -0.274. The number of halogens is 5. The number of alkyl halides is 3. The third-order valence-electron chi connectivity index (χ3n) is 3.83. The minimum atomic E-state index is -4.80. The van der Waals surface area contributed by atoms with E-state index in [4.69, 9.17) is 0 Å². The predicted octanol–water partition coefficient (Wildman–Crippen LogP) is 3.19. The monoisotopic (exact) mass is 452 g/mol. The summed E-state index contributed by atoms with van der Waals surface area (Å²) in [5.41, 5.74) is 0.530. The Kier molecular flexibility index (Phi) is 7.37. The Labute approximate surface area is 169 Å². The van der Waals surface area contributed by atoms with E-state index in [2.05, 4.69) is 9.46 Å². The molecule has 30 heavy (non-hydrogen) atoms. The molecule has 0 aliphatic heterocycles. The number of benzene rings is 2. The first-order chi connectivity index (χ1) is 13.9. The molecule has 0 aromatic heterocycles. The van der Waals surface area contributed by atoms with E-state index in [9.17, 15) is 35.2 Å². The summed E-state index contributed by atoms with van der Waals surface area (Å²) in [4.78, 5) is 12.9. The lowest BCUT2D eigenvalue weighted by Gasteiger charge is -2.18. The highest BCUT2D eigenvalue weighted by atomic mass is 32.2. The van der Waals surface area contributed by atoms with Gasteiger partial charge in [0.15, 0.2) is 11.6 Å². The fourth-order valence-electron chi connectivity index (χ4n) is 2.37. The molecular weight excluding hydrogens is 435 g/mol. The Hall–Kier alpha value is -2.73. The van der Waals surface area contributed by atoms with Crippen molar-refractivity contribution in [3.63, 3.8) is 0 Å². The van der Waals surface area contributed by atoms with Crippen molar-refractivity contribution in [3.05, 3.63) is 59.7 Å². The van der Waals surface area contributed by atoms with E-state index in [1.165, 1.54) is 24.1 Å². The number of hydrogen-bond acceptors (Lipinski definition) is 4. The molecule has 0 heterocycles. The Balaban J connectivity index is 1.86. The van der Waals surface area contributed by atoms with Crippen molar-refractivity contribution in [1.29, 1.82) is 0 Å². The summed E-state index contributed by atoms with van der Waals surface area (Å²) >= 11 is 0. The molecule has 2 aromatic carbocycles. The van der Waals surface area contributed by atoms with Crippen LogP contribution in [0.25, 0.3) is 0 Å². The largest absolute Gasteiger partial charge is 0.573 e. The van der Waals surface area contributed by atoms with Crippen LogP contribution in [0.2, 0.25) is 0 Å². The summed E-state index contributed by atoms with van der Waals surface area (Å²) < 4.78 is 92.5. The molecule has 164 valence electrons. The van der Waals surface area contributed by atoms with Crippen LogP contribution in [0, 0.1) is 11.6 Å². The van der Waals surface area contributed by atoms with Crippen molar-refractivity contribution in [3.8, 4) is 5.75 Å². The van der Waals surface area contributed by atoms with Gasteiger partial charge in [-0.1, -0.05) is 12.1 Å². The van der Waals surface area contributed by atoms with Crippen LogP contribution in [0.15, 0.2) is 47.4 Å². The van der Waals surface area contributed by atoms with Crippen LogP contribution < -0.4 is 9.46 Å². The normalized spacial score (nSPS) is 11.9. The van der Waals surface area contributed by atoms with Gasteiger partial charge in [0.2, 0.25) is 15.9 Å². The number of rotatable bonds is 8. The van der Waals surface area contributed by atoms with Crippen molar-refractivity contribution in [1.82, 2.24) is 9.62 Å². The zero-order valence-electron chi connectivity index (χ0n) is 15.5. The van der Waals surface area contributed by atoms with Crippen LogP contribution in [0.4, 0.5) is 22.0 Å². The van der Waals surface area contributed by atoms with Crippen molar-refractivity contribution < 1.29 is 39.9 Å². The fourth-order valence-corrected chi connectivity index (χ4v) is 3.41. The molecule has 0 atom stereocenters. The van der Waals surface area contributed by atoms with Crippen LogP contribution in [-0.4, -0.2) is 39.2 Å². The van der Waals surface area contributed by atoms with E-state index in [1.54, 1.807) is 0 Å². The zero-order valence-corrected chi connectivity index (χ0v) is 16.4. The van der Waals surface area contributed by atoms with Crippen LogP contribution in [0.1, 0.15) is 12.0 Å². The second kappa shape index (κ2) is 9.39. The average Bonchev–Trinajstić information content (AvgIpc) is 2.64. The second-order valence-corrected chi connectivity index (χ2v) is 7.93. The molecule has 0 saturated heterocycles. The lowest BCUT2D eigenvalue weighted by Crippen LogP contribution is -2.32. The van der Waals surface area contributed by atoms with E-state index in [0.29, 0.717) is 17.7 Å². The molecule has 0 saturated carbocycles. The molecule has 1 N–H and O–H groups in total. The summed E-state index contributed by atoms with van der Waals surface area (Å²) in [5, 5.41) is 0. The number of nitrogens with one attached hydrogen (secondary N) is 1. The fraction of sp³-hybridized carbons (Fsp3) is 0.278. The molecular formula is C18H17F5N2O4S. The van der Waals surface area contributed by atoms with E-state index < -0.39 is 44.6 Å². The summed E-state index contributed by atoms with van der Waals surface area (Å²) in [6.07, 6.45) is -5.03. The predicted molar refractivity (Wildman–Crippen MR) is 95.8 cm³/mol. The molecule has 2 rings (SSSR count). The molecule has 6 nitrogen and oxygen atoms in total. The van der Waals surface area contributed by atoms with Crippen molar-refractivity contribution in [2.75, 3.05) is 13.6 Å². The highest BCUT2D eigenvalue weighted by molar-refractivity contribution is 7.89. The quantitative estimate of drug-likeness (QED) is 0.625. The van der Waals surface area contributed by atoms with E-state index in [-0.39, 0.29) is 19.5 Å². The molecule has 0 aliphatic carbocycles. The first kappa shape index (κ1) is 23.5. The molecule has 0 bridgehead atoms. The van der Waals surface area contributed by atoms with Gasteiger partial charge in [-0.25, -0.2) is 21.9 Å². The lowest BCUT2D eigenvalue weighted by atomic mass is 10.2. The van der Waals surface area contributed by atoms with Gasteiger partial charge in [0.05, 0.1) is 4.90 Å². The number of carbonyl (C=O) groups excluding carboxylic acids is 1. The molecule has 0 aliphatic rings. The summed E-state index contributed by atoms with van der Waals surface area (Å²) in [6, 6.07) is 7.02. The highest BCUT2D eigenvalue weighted by Crippen LogP contribution is 2.23. The summed E-state index contributed by atoms with van der Waals surface area (Å²) in [6.45, 7) is -0.218. The van der Waals surface area contributed by atoms with Gasteiger partial charge in [0.1, 0.15) is 5.75 Å². The molecule has 0 radical (unpaired) electrons. The third-order valence-corrected chi connectivity index (χ3v) is 5.29. The highest BCUT2D eigenvalue weighted by Gasteiger charge is 2.31. The van der Waals surface area contributed by atoms with Gasteiger partial charge < -0.3 is 9.64 Å². The van der Waals surface area contributed by atoms with Gasteiger partial charge in [0, 0.05) is 26.6 Å². The molecule has 12 heteroatoms. The van der Waals surface area contributed by atoms with Gasteiger partial charge in [-0.3, -0.25) is 4.79 Å². The van der Waals surface area contributed by atoms with Gasteiger partial charge in [-0.05, 0) is 35.9 Å². The Morgan fingerprint density at radius 1 is 1.07 bits per heavy atom. The van der Waals surface area contributed by atoms with Crippen molar-refractivity contribution in [2.24, 2.45) is 0 Å². The maximum atomic E-state index is 13.2. The standard InChI is InChI=1S/C18H17F5N2O4S/c1-25(11-12-2-4-13(5-3-12)29-18(21,22)23)17(26)8-9-24-30(27,28)14-6-7-15(19)16(20)10-14/h2-7,10,24H,8-9,11H2,1H3. The number of nitrogens with zero attached hydrogens (tertiary/aromatic N) is 1.